The average molecular weight is 369 g/mol. The van der Waals surface area contributed by atoms with Crippen molar-refractivity contribution in [1.29, 1.82) is 5.26 Å². The number of nitrogens with two attached hydrogens (primary N) is 1. The van der Waals surface area contributed by atoms with Crippen molar-refractivity contribution in [2.75, 3.05) is 19.6 Å². The van der Waals surface area contributed by atoms with E-state index in [1.165, 1.54) is 0 Å². The summed E-state index contributed by atoms with van der Waals surface area (Å²) in [5, 5.41) is 9.79. The van der Waals surface area contributed by atoms with E-state index in [9.17, 15) is 5.26 Å². The Labute approximate surface area is 165 Å². The zero-order valence-corrected chi connectivity index (χ0v) is 15.9. The van der Waals surface area contributed by atoms with Gasteiger partial charge in [0.05, 0.1) is 5.92 Å². The topological polar surface area (TPSA) is 62.3 Å². The molecule has 0 fully saturated rings. The van der Waals surface area contributed by atoms with Crippen molar-refractivity contribution in [1.82, 2.24) is 4.90 Å². The van der Waals surface area contributed by atoms with Gasteiger partial charge in [0.2, 0.25) is 5.88 Å². The Morgan fingerprint density at radius 3 is 2.43 bits per heavy atom. The molecular formula is C24H23N3O. The molecule has 1 atom stereocenters. The molecule has 2 aliphatic rings. The second-order valence-electron chi connectivity index (χ2n) is 7.07. The highest BCUT2D eigenvalue weighted by atomic mass is 16.5. The van der Waals surface area contributed by atoms with Crippen LogP contribution in [0, 0.1) is 11.3 Å². The third kappa shape index (κ3) is 3.33. The first-order chi connectivity index (χ1) is 13.7. The van der Waals surface area contributed by atoms with E-state index < -0.39 is 0 Å². The summed E-state index contributed by atoms with van der Waals surface area (Å²) in [6.07, 6.45) is 2.16. The number of hydrogen-bond acceptors (Lipinski definition) is 4. The normalized spacial score (nSPS) is 21.3. The van der Waals surface area contributed by atoms with Gasteiger partial charge in [-0.05, 0) is 29.3 Å². The highest BCUT2D eigenvalue weighted by Gasteiger charge is 2.37. The Hall–Kier alpha value is -3.29. The Morgan fingerprint density at radius 1 is 1.11 bits per heavy atom. The van der Waals surface area contributed by atoms with Crippen LogP contribution in [0.25, 0.3) is 6.08 Å². The zero-order chi connectivity index (χ0) is 19.5. The molecule has 2 heterocycles. The van der Waals surface area contributed by atoms with Gasteiger partial charge in [0.25, 0.3) is 0 Å². The van der Waals surface area contributed by atoms with Gasteiger partial charge in [-0.3, -0.25) is 4.90 Å². The summed E-state index contributed by atoms with van der Waals surface area (Å²) in [6.45, 7) is 4.63. The first-order valence-corrected chi connectivity index (χ1v) is 9.55. The molecule has 2 aromatic carbocycles. The quantitative estimate of drug-likeness (QED) is 0.882. The third-order valence-corrected chi connectivity index (χ3v) is 5.33. The van der Waals surface area contributed by atoms with E-state index in [2.05, 4.69) is 48.2 Å². The standard InChI is InChI=1S/C24H23N3O/c1-2-27-15-19(13-17-9-5-3-6-10-17)23-21(16-27)22(18-11-7-4-8-12-18)20(14-25)24(26)28-23/h3-13,22H,2,15-16,26H2,1H3/b19-13-/t22-/m1/s1. The molecule has 0 aromatic heterocycles. The van der Waals surface area contributed by atoms with E-state index >= 15 is 0 Å². The Bertz CT molecular complexity index is 997. The van der Waals surface area contributed by atoms with Gasteiger partial charge in [-0.2, -0.15) is 5.26 Å². The number of allylic oxidation sites excluding steroid dienone is 1. The minimum atomic E-state index is -0.177. The highest BCUT2D eigenvalue weighted by molar-refractivity contribution is 5.63. The minimum absolute atomic E-state index is 0.177. The fourth-order valence-corrected chi connectivity index (χ4v) is 3.94. The summed E-state index contributed by atoms with van der Waals surface area (Å²) in [5.41, 5.74) is 11.1. The summed E-state index contributed by atoms with van der Waals surface area (Å²) in [4.78, 5) is 2.36. The van der Waals surface area contributed by atoms with Crippen LogP contribution in [-0.4, -0.2) is 24.5 Å². The van der Waals surface area contributed by atoms with Gasteiger partial charge in [-0.25, -0.2) is 0 Å². The fraction of sp³-hybridized carbons (Fsp3) is 0.208. The molecule has 0 saturated heterocycles. The first kappa shape index (κ1) is 18.1. The second kappa shape index (κ2) is 7.75. The maximum atomic E-state index is 9.79. The van der Waals surface area contributed by atoms with Crippen molar-refractivity contribution in [2.24, 2.45) is 5.73 Å². The SMILES string of the molecule is CCN1CC2=C(OC(N)=C(C#N)[C@H]2c2ccccc2)/C(=C\c2ccccc2)C1. The van der Waals surface area contributed by atoms with Crippen LogP contribution in [0.15, 0.2) is 89.0 Å². The lowest BCUT2D eigenvalue weighted by molar-refractivity contribution is 0.239. The number of rotatable bonds is 3. The first-order valence-electron chi connectivity index (χ1n) is 9.55. The van der Waals surface area contributed by atoms with E-state index in [0.717, 1.165) is 47.7 Å². The molecule has 2 aliphatic heterocycles. The van der Waals surface area contributed by atoms with Crippen molar-refractivity contribution in [2.45, 2.75) is 12.8 Å². The van der Waals surface area contributed by atoms with Gasteiger partial charge < -0.3 is 10.5 Å². The molecule has 0 aliphatic carbocycles. The summed E-state index contributed by atoms with van der Waals surface area (Å²) >= 11 is 0. The monoisotopic (exact) mass is 369 g/mol. The van der Waals surface area contributed by atoms with Gasteiger partial charge in [0, 0.05) is 18.7 Å². The van der Waals surface area contributed by atoms with Gasteiger partial charge in [-0.1, -0.05) is 67.6 Å². The molecule has 4 rings (SSSR count). The molecule has 0 saturated carbocycles. The van der Waals surface area contributed by atoms with E-state index in [-0.39, 0.29) is 11.8 Å². The van der Waals surface area contributed by atoms with Gasteiger partial charge in [0.15, 0.2) is 0 Å². The maximum Gasteiger partial charge on any atom is 0.205 e. The van der Waals surface area contributed by atoms with E-state index in [0.29, 0.717) is 5.57 Å². The predicted octanol–water partition coefficient (Wildman–Crippen LogP) is 4.17. The Morgan fingerprint density at radius 2 is 1.79 bits per heavy atom. The summed E-state index contributed by atoms with van der Waals surface area (Å²) in [6, 6.07) is 22.6. The van der Waals surface area contributed by atoms with Crippen molar-refractivity contribution < 1.29 is 4.74 Å². The van der Waals surface area contributed by atoms with Crippen LogP contribution in [-0.2, 0) is 4.74 Å². The molecular weight excluding hydrogens is 346 g/mol. The molecule has 0 amide bonds. The van der Waals surface area contributed by atoms with Crippen LogP contribution in [0.3, 0.4) is 0 Å². The van der Waals surface area contributed by atoms with Crippen LogP contribution in [0.4, 0.5) is 0 Å². The average Bonchev–Trinajstić information content (AvgIpc) is 2.74. The minimum Gasteiger partial charge on any atom is -0.440 e. The van der Waals surface area contributed by atoms with Gasteiger partial charge in [-0.15, -0.1) is 0 Å². The van der Waals surface area contributed by atoms with Crippen LogP contribution in [0.2, 0.25) is 0 Å². The molecule has 0 radical (unpaired) electrons. The number of ether oxygens (including phenoxy) is 1. The fourth-order valence-electron chi connectivity index (χ4n) is 3.94. The number of benzene rings is 2. The number of nitrogens with zero attached hydrogens (tertiary/aromatic N) is 2. The summed E-state index contributed by atoms with van der Waals surface area (Å²) in [5.74, 6) is 0.849. The van der Waals surface area contributed by atoms with E-state index in [4.69, 9.17) is 10.5 Å². The molecule has 0 unspecified atom stereocenters. The van der Waals surface area contributed by atoms with Crippen LogP contribution in [0.5, 0.6) is 0 Å². The maximum absolute atomic E-state index is 9.79. The number of likely N-dealkylation sites (N-methyl/N-ethyl adjacent to an activating group) is 1. The molecule has 2 N–H and O–H groups in total. The highest BCUT2D eigenvalue weighted by Crippen LogP contribution is 2.43. The summed E-state index contributed by atoms with van der Waals surface area (Å²) < 4.78 is 6.04. The van der Waals surface area contributed by atoms with Crippen LogP contribution in [0.1, 0.15) is 24.0 Å². The van der Waals surface area contributed by atoms with E-state index in [1.807, 2.05) is 36.4 Å². The molecule has 4 heteroatoms. The third-order valence-electron chi connectivity index (χ3n) is 5.33. The molecule has 28 heavy (non-hydrogen) atoms. The lowest BCUT2D eigenvalue weighted by Crippen LogP contribution is -2.38. The Balaban J connectivity index is 1.87. The van der Waals surface area contributed by atoms with Crippen molar-refractivity contribution >= 4 is 6.08 Å². The van der Waals surface area contributed by atoms with Gasteiger partial charge >= 0.3 is 0 Å². The lowest BCUT2D eigenvalue weighted by Gasteiger charge is -2.38. The van der Waals surface area contributed by atoms with Crippen molar-refractivity contribution in [3.05, 3.63) is 100 Å². The number of hydrogen-bond donors (Lipinski definition) is 1. The molecule has 4 nitrogen and oxygen atoms in total. The second-order valence-corrected chi connectivity index (χ2v) is 7.07. The predicted molar refractivity (Wildman–Crippen MR) is 111 cm³/mol. The molecule has 140 valence electrons. The van der Waals surface area contributed by atoms with Crippen LogP contribution >= 0.6 is 0 Å². The lowest BCUT2D eigenvalue weighted by atomic mass is 9.80. The smallest absolute Gasteiger partial charge is 0.205 e. The largest absolute Gasteiger partial charge is 0.440 e. The van der Waals surface area contributed by atoms with E-state index in [1.54, 1.807) is 0 Å². The van der Waals surface area contributed by atoms with Crippen molar-refractivity contribution in [3.63, 3.8) is 0 Å². The molecule has 2 aromatic rings. The zero-order valence-electron chi connectivity index (χ0n) is 15.9. The summed E-state index contributed by atoms with van der Waals surface area (Å²) in [7, 11) is 0. The molecule has 0 bridgehead atoms. The Kier molecular flexibility index (Phi) is 5.01. The molecule has 0 spiro atoms. The van der Waals surface area contributed by atoms with Gasteiger partial charge in [0.1, 0.15) is 17.4 Å². The van der Waals surface area contributed by atoms with Crippen molar-refractivity contribution in [3.8, 4) is 6.07 Å². The number of nitriles is 1. The van der Waals surface area contributed by atoms with Crippen LogP contribution < -0.4 is 5.73 Å².